The Kier molecular flexibility index (Phi) is 7.17. The second-order valence-electron chi connectivity index (χ2n) is 6.21. The molecule has 2 rings (SSSR count). The Balaban J connectivity index is 2.19. The van der Waals surface area contributed by atoms with Gasteiger partial charge in [0.25, 0.3) is 0 Å². The van der Waals surface area contributed by atoms with Crippen LogP contribution in [0.3, 0.4) is 0 Å². The van der Waals surface area contributed by atoms with Gasteiger partial charge in [-0.25, -0.2) is 4.79 Å². The van der Waals surface area contributed by atoms with E-state index >= 15 is 0 Å². The lowest BCUT2D eigenvalue weighted by Gasteiger charge is -2.17. The fourth-order valence-corrected chi connectivity index (χ4v) is 3.44. The van der Waals surface area contributed by atoms with Crippen molar-refractivity contribution in [2.45, 2.75) is 38.1 Å². The van der Waals surface area contributed by atoms with E-state index in [9.17, 15) is 18.0 Å². The number of carbonyl (C=O) groups excluding carboxylic acids is 2. The van der Waals surface area contributed by atoms with Gasteiger partial charge in [0.2, 0.25) is 5.91 Å². The molecule has 0 aliphatic rings. The van der Waals surface area contributed by atoms with E-state index in [1.165, 1.54) is 31.2 Å². The number of carbonyl (C=O) groups is 2. The molecule has 8 heteroatoms. The number of hydrogen-bond acceptors (Lipinski definition) is 6. The summed E-state index contributed by atoms with van der Waals surface area (Å²) in [5.74, 6) is -0.813. The third-order valence-electron chi connectivity index (χ3n) is 3.80. The lowest BCUT2D eigenvalue weighted by atomic mass is 10.1. The van der Waals surface area contributed by atoms with Gasteiger partial charge in [-0.3, -0.25) is 4.79 Å². The van der Waals surface area contributed by atoms with Crippen molar-refractivity contribution in [3.05, 3.63) is 59.7 Å². The molecule has 0 radical (unpaired) electrons. The first-order chi connectivity index (χ1) is 13.2. The average molecular weight is 405 g/mol. The topological polar surface area (TPSA) is 98.8 Å². The zero-order valence-corrected chi connectivity index (χ0v) is 16.8. The first kappa shape index (κ1) is 21.4. The van der Waals surface area contributed by atoms with E-state index < -0.39 is 22.1 Å². The predicted molar refractivity (Wildman–Crippen MR) is 103 cm³/mol. The van der Waals surface area contributed by atoms with Crippen LogP contribution in [0, 0.1) is 6.92 Å². The van der Waals surface area contributed by atoms with E-state index in [0.29, 0.717) is 5.56 Å². The summed E-state index contributed by atoms with van der Waals surface area (Å²) in [7, 11) is -3.98. The highest BCUT2D eigenvalue weighted by atomic mass is 32.2. The second kappa shape index (κ2) is 9.36. The first-order valence-corrected chi connectivity index (χ1v) is 10.2. The molecule has 150 valence electrons. The lowest BCUT2D eigenvalue weighted by molar-refractivity contribution is -0.147. The highest BCUT2D eigenvalue weighted by Gasteiger charge is 2.22. The minimum absolute atomic E-state index is 0.0474. The van der Waals surface area contributed by atoms with Crippen LogP contribution in [0.2, 0.25) is 0 Å². The summed E-state index contributed by atoms with van der Waals surface area (Å²) >= 11 is 0. The number of ether oxygens (including phenoxy) is 1. The van der Waals surface area contributed by atoms with Gasteiger partial charge in [0, 0.05) is 13.3 Å². The summed E-state index contributed by atoms with van der Waals surface area (Å²) in [6, 6.07) is 11.8. The van der Waals surface area contributed by atoms with E-state index in [2.05, 4.69) is 5.32 Å². The van der Waals surface area contributed by atoms with Gasteiger partial charge in [0.05, 0.1) is 6.61 Å². The van der Waals surface area contributed by atoms with Crippen molar-refractivity contribution in [3.8, 4) is 5.75 Å². The molecule has 0 fully saturated rings. The SMILES string of the molecule is CCOC(=O)[C@H](Cc1cccc(OS(=O)(=O)c2ccc(C)cc2)c1)NC(C)=O. The van der Waals surface area contributed by atoms with Gasteiger partial charge < -0.3 is 14.2 Å². The number of nitrogens with one attached hydrogen (secondary N) is 1. The molecule has 0 heterocycles. The van der Waals surface area contributed by atoms with Crippen LogP contribution >= 0.6 is 0 Å². The van der Waals surface area contributed by atoms with Crippen molar-refractivity contribution < 1.29 is 26.9 Å². The Morgan fingerprint density at radius 1 is 1.11 bits per heavy atom. The Morgan fingerprint density at radius 2 is 1.79 bits per heavy atom. The van der Waals surface area contributed by atoms with Gasteiger partial charge >= 0.3 is 16.1 Å². The molecule has 0 aliphatic heterocycles. The number of rotatable bonds is 8. The maximum atomic E-state index is 12.4. The molecule has 0 aromatic heterocycles. The minimum atomic E-state index is -3.98. The summed E-state index contributed by atoms with van der Waals surface area (Å²) in [6.07, 6.45) is 0.139. The first-order valence-electron chi connectivity index (χ1n) is 8.75. The summed E-state index contributed by atoms with van der Waals surface area (Å²) in [6.45, 7) is 5.02. The Labute approximate surface area is 164 Å². The molecule has 1 N–H and O–H groups in total. The molecular formula is C20H23NO6S. The van der Waals surface area contributed by atoms with E-state index in [0.717, 1.165) is 5.56 Å². The predicted octanol–water partition coefficient (Wildman–Crippen LogP) is 2.37. The van der Waals surface area contributed by atoms with Crippen LogP contribution in [0.1, 0.15) is 25.0 Å². The summed E-state index contributed by atoms with van der Waals surface area (Å²) in [5.41, 5.74) is 1.55. The van der Waals surface area contributed by atoms with Crippen molar-refractivity contribution in [3.63, 3.8) is 0 Å². The molecule has 2 aromatic carbocycles. The van der Waals surface area contributed by atoms with Crippen LogP contribution in [0.4, 0.5) is 0 Å². The Hall–Kier alpha value is -2.87. The van der Waals surface area contributed by atoms with Gasteiger partial charge in [-0.2, -0.15) is 8.42 Å². The van der Waals surface area contributed by atoms with Crippen molar-refractivity contribution in [2.24, 2.45) is 0 Å². The molecule has 0 unspecified atom stereocenters. The van der Waals surface area contributed by atoms with Crippen LogP contribution < -0.4 is 9.50 Å². The summed E-state index contributed by atoms with van der Waals surface area (Å²) < 4.78 is 35.0. The van der Waals surface area contributed by atoms with E-state index in [4.69, 9.17) is 8.92 Å². The molecule has 0 saturated carbocycles. The van der Waals surface area contributed by atoms with Crippen molar-refractivity contribution >= 4 is 22.0 Å². The van der Waals surface area contributed by atoms with E-state index in [1.54, 1.807) is 31.2 Å². The third kappa shape index (κ3) is 6.09. The molecule has 0 bridgehead atoms. The number of benzene rings is 2. The summed E-state index contributed by atoms with van der Waals surface area (Å²) in [5, 5.41) is 2.54. The maximum absolute atomic E-state index is 12.4. The maximum Gasteiger partial charge on any atom is 0.339 e. The number of aryl methyl sites for hydroxylation is 1. The Morgan fingerprint density at radius 3 is 2.39 bits per heavy atom. The van der Waals surface area contributed by atoms with Gasteiger partial charge in [-0.15, -0.1) is 0 Å². The normalized spacial score (nSPS) is 12.1. The number of amides is 1. The number of hydrogen-bond donors (Lipinski definition) is 1. The molecule has 28 heavy (non-hydrogen) atoms. The molecular weight excluding hydrogens is 382 g/mol. The van der Waals surface area contributed by atoms with Crippen LogP contribution in [0.25, 0.3) is 0 Å². The molecule has 0 spiro atoms. The molecule has 0 saturated heterocycles. The third-order valence-corrected chi connectivity index (χ3v) is 5.06. The van der Waals surface area contributed by atoms with Crippen molar-refractivity contribution in [1.82, 2.24) is 5.32 Å². The lowest BCUT2D eigenvalue weighted by Crippen LogP contribution is -2.42. The minimum Gasteiger partial charge on any atom is -0.464 e. The highest BCUT2D eigenvalue weighted by molar-refractivity contribution is 7.87. The monoisotopic (exact) mass is 405 g/mol. The zero-order chi connectivity index (χ0) is 20.7. The van der Waals surface area contributed by atoms with Crippen LogP contribution in [-0.4, -0.2) is 32.9 Å². The van der Waals surface area contributed by atoms with Gasteiger partial charge in [0.1, 0.15) is 16.7 Å². The van der Waals surface area contributed by atoms with Crippen molar-refractivity contribution in [2.75, 3.05) is 6.61 Å². The quantitative estimate of drug-likeness (QED) is 0.535. The van der Waals surface area contributed by atoms with Crippen LogP contribution in [0.15, 0.2) is 53.4 Å². The zero-order valence-electron chi connectivity index (χ0n) is 16.0. The summed E-state index contributed by atoms with van der Waals surface area (Å²) in [4.78, 5) is 23.5. The highest BCUT2D eigenvalue weighted by Crippen LogP contribution is 2.21. The Bertz CT molecular complexity index is 937. The van der Waals surface area contributed by atoms with Gasteiger partial charge in [-0.05, 0) is 43.7 Å². The average Bonchev–Trinajstić information content (AvgIpc) is 2.61. The van der Waals surface area contributed by atoms with E-state index in [-0.39, 0.29) is 29.6 Å². The van der Waals surface area contributed by atoms with Crippen LogP contribution in [0.5, 0.6) is 5.75 Å². The smallest absolute Gasteiger partial charge is 0.339 e. The fourth-order valence-electron chi connectivity index (χ4n) is 2.52. The molecule has 0 aliphatic carbocycles. The molecule has 7 nitrogen and oxygen atoms in total. The van der Waals surface area contributed by atoms with Crippen LogP contribution in [-0.2, 0) is 30.9 Å². The second-order valence-corrected chi connectivity index (χ2v) is 7.75. The van der Waals surface area contributed by atoms with Gasteiger partial charge in [-0.1, -0.05) is 29.8 Å². The van der Waals surface area contributed by atoms with E-state index in [1.807, 2.05) is 6.92 Å². The van der Waals surface area contributed by atoms with Gasteiger partial charge in [0.15, 0.2) is 0 Å². The molecule has 1 atom stereocenters. The molecule has 1 amide bonds. The molecule has 2 aromatic rings. The standard InChI is InChI=1S/C20H23NO6S/c1-4-26-20(23)19(21-15(3)22)13-16-6-5-7-17(12-16)27-28(24,25)18-10-8-14(2)9-11-18/h5-12,19H,4,13H2,1-3H3,(H,21,22)/t19-/m0/s1. The fraction of sp³-hybridized carbons (Fsp3) is 0.300. The largest absolute Gasteiger partial charge is 0.464 e. The van der Waals surface area contributed by atoms with Crippen molar-refractivity contribution in [1.29, 1.82) is 0 Å². The number of esters is 1.